The van der Waals surface area contributed by atoms with Gasteiger partial charge in [-0.3, -0.25) is 0 Å². The number of nitrogens with zero attached hydrogens (tertiary/aromatic N) is 3. The van der Waals surface area contributed by atoms with Crippen molar-refractivity contribution in [3.8, 4) is 23.3 Å². The number of rotatable bonds is 1. The van der Waals surface area contributed by atoms with Crippen LogP contribution in [-0.4, -0.2) is 4.98 Å². The maximum absolute atomic E-state index is 9.33. The number of hydrogen-bond acceptors (Lipinski definition) is 4. The molecule has 0 fully saturated rings. The van der Waals surface area contributed by atoms with Crippen molar-refractivity contribution < 1.29 is 0 Å². The number of hydrogen-bond donors (Lipinski definition) is 0. The lowest BCUT2D eigenvalue weighted by Gasteiger charge is -2.10. The van der Waals surface area contributed by atoms with Crippen molar-refractivity contribution in [2.75, 3.05) is 0 Å². The Bertz CT molecular complexity index is 1430. The molecule has 124 valence electrons. The minimum atomic E-state index is 0.598. The second-order valence-electron chi connectivity index (χ2n) is 6.30. The normalized spacial score (nSPS) is 10.9. The molecule has 0 radical (unpaired) electrons. The number of pyridine rings is 1. The summed E-state index contributed by atoms with van der Waals surface area (Å²) in [6.07, 6.45) is 0. The zero-order valence-corrected chi connectivity index (χ0v) is 14.9. The Morgan fingerprint density at radius 3 is 2.30 bits per heavy atom. The predicted molar refractivity (Wildman–Crippen MR) is 109 cm³/mol. The van der Waals surface area contributed by atoms with Gasteiger partial charge in [0.15, 0.2) is 0 Å². The summed E-state index contributed by atoms with van der Waals surface area (Å²) in [5, 5.41) is 21.7. The van der Waals surface area contributed by atoms with Gasteiger partial charge in [0.25, 0.3) is 0 Å². The van der Waals surface area contributed by atoms with Crippen molar-refractivity contribution in [2.45, 2.75) is 0 Å². The average Bonchev–Trinajstić information content (AvgIpc) is 3.09. The van der Waals surface area contributed by atoms with E-state index < -0.39 is 0 Å². The molecule has 5 aromatic rings. The van der Waals surface area contributed by atoms with Crippen LogP contribution >= 0.6 is 11.3 Å². The Morgan fingerprint density at radius 1 is 0.778 bits per heavy atom. The average molecular weight is 361 g/mol. The van der Waals surface area contributed by atoms with Gasteiger partial charge >= 0.3 is 0 Å². The highest BCUT2D eigenvalue weighted by Crippen LogP contribution is 2.43. The first-order chi connectivity index (χ1) is 13.3. The highest BCUT2D eigenvalue weighted by Gasteiger charge is 2.17. The lowest BCUT2D eigenvalue weighted by molar-refractivity contribution is 1.47. The van der Waals surface area contributed by atoms with E-state index in [0.717, 1.165) is 42.3 Å². The van der Waals surface area contributed by atoms with Crippen LogP contribution in [0.4, 0.5) is 0 Å². The van der Waals surface area contributed by atoms with Crippen molar-refractivity contribution in [2.24, 2.45) is 0 Å². The van der Waals surface area contributed by atoms with Gasteiger partial charge in [-0.1, -0.05) is 36.4 Å². The molecule has 3 nitrogen and oxygen atoms in total. The van der Waals surface area contributed by atoms with Crippen molar-refractivity contribution in [1.82, 2.24) is 4.98 Å². The molecule has 0 bridgehead atoms. The van der Waals surface area contributed by atoms with Gasteiger partial charge in [-0.15, -0.1) is 11.3 Å². The molecule has 0 saturated carbocycles. The Labute approximate surface area is 159 Å². The van der Waals surface area contributed by atoms with Crippen LogP contribution in [0.15, 0.2) is 66.7 Å². The number of thiophene rings is 1. The summed E-state index contributed by atoms with van der Waals surface area (Å²) < 4.78 is 1.10. The van der Waals surface area contributed by atoms with E-state index in [2.05, 4.69) is 24.3 Å². The maximum Gasteiger partial charge on any atom is 0.125 e. The monoisotopic (exact) mass is 361 g/mol. The molecule has 0 saturated heterocycles. The van der Waals surface area contributed by atoms with E-state index >= 15 is 0 Å². The molecule has 0 aliphatic heterocycles. The highest BCUT2D eigenvalue weighted by atomic mass is 32.1. The molecule has 0 spiro atoms. The molecule has 2 heterocycles. The van der Waals surface area contributed by atoms with Crippen molar-refractivity contribution in [3.63, 3.8) is 0 Å². The SMILES string of the molecule is N#Cc1ccc2c(-c3ccccc3)c3c(nc2c1)sc1ccc(C#N)cc13. The Balaban J connectivity index is 2.04. The van der Waals surface area contributed by atoms with Gasteiger partial charge in [0.2, 0.25) is 0 Å². The van der Waals surface area contributed by atoms with E-state index in [1.807, 2.05) is 54.6 Å². The van der Waals surface area contributed by atoms with Gasteiger partial charge in [0.05, 0.1) is 28.8 Å². The van der Waals surface area contributed by atoms with E-state index in [4.69, 9.17) is 4.98 Å². The van der Waals surface area contributed by atoms with Gasteiger partial charge in [-0.25, -0.2) is 4.98 Å². The molecular formula is C23H11N3S. The molecule has 4 heteroatoms. The maximum atomic E-state index is 9.33. The third-order valence-electron chi connectivity index (χ3n) is 4.73. The minimum Gasteiger partial charge on any atom is -0.237 e. The first kappa shape index (κ1) is 15.5. The fourth-order valence-corrected chi connectivity index (χ4v) is 4.60. The summed E-state index contributed by atoms with van der Waals surface area (Å²) in [6, 6.07) is 26.1. The first-order valence-electron chi connectivity index (χ1n) is 8.44. The molecule has 0 atom stereocenters. The summed E-state index contributed by atoms with van der Waals surface area (Å²) in [4.78, 5) is 5.77. The molecule has 0 aliphatic rings. The third-order valence-corrected chi connectivity index (χ3v) is 5.79. The fourth-order valence-electron chi connectivity index (χ4n) is 3.53. The van der Waals surface area contributed by atoms with Crippen LogP contribution < -0.4 is 0 Å². The van der Waals surface area contributed by atoms with Crippen molar-refractivity contribution in [3.05, 3.63) is 77.9 Å². The minimum absolute atomic E-state index is 0.598. The molecule has 5 rings (SSSR count). The number of aromatic nitrogens is 1. The summed E-state index contributed by atoms with van der Waals surface area (Å²) in [6.45, 7) is 0. The molecule has 3 aromatic carbocycles. The number of benzene rings is 3. The molecule has 0 N–H and O–H groups in total. The summed E-state index contributed by atoms with van der Waals surface area (Å²) in [5.41, 5.74) is 4.25. The molecule has 27 heavy (non-hydrogen) atoms. The smallest absolute Gasteiger partial charge is 0.125 e. The Kier molecular flexibility index (Phi) is 3.40. The van der Waals surface area contributed by atoms with Gasteiger partial charge in [0, 0.05) is 26.4 Å². The fraction of sp³-hybridized carbons (Fsp3) is 0. The Morgan fingerprint density at radius 2 is 1.52 bits per heavy atom. The van der Waals surface area contributed by atoms with Gasteiger partial charge in [-0.2, -0.15) is 10.5 Å². The molecule has 0 unspecified atom stereocenters. The van der Waals surface area contributed by atoms with Crippen LogP contribution in [0, 0.1) is 22.7 Å². The zero-order valence-electron chi connectivity index (χ0n) is 14.1. The van der Waals surface area contributed by atoms with Crippen LogP contribution in [-0.2, 0) is 0 Å². The van der Waals surface area contributed by atoms with E-state index in [1.54, 1.807) is 11.3 Å². The standard InChI is InChI=1S/C23H11N3S/c24-12-14-7-9-20-18(10-14)22-21(16-4-2-1-3-5-16)17-8-6-15(13-25)11-19(17)26-23(22)27-20/h1-11H. The van der Waals surface area contributed by atoms with Crippen LogP contribution in [0.3, 0.4) is 0 Å². The number of nitriles is 2. The quantitative estimate of drug-likeness (QED) is 0.367. The van der Waals surface area contributed by atoms with Crippen LogP contribution in [0.5, 0.6) is 0 Å². The molecular weight excluding hydrogens is 350 g/mol. The third kappa shape index (κ3) is 2.36. The van der Waals surface area contributed by atoms with Crippen LogP contribution in [0.2, 0.25) is 0 Å². The first-order valence-corrected chi connectivity index (χ1v) is 9.26. The van der Waals surface area contributed by atoms with Gasteiger partial charge in [-0.05, 0) is 35.9 Å². The summed E-state index contributed by atoms with van der Waals surface area (Å²) in [5.74, 6) is 0. The largest absolute Gasteiger partial charge is 0.237 e. The number of fused-ring (bicyclic) bond motifs is 4. The van der Waals surface area contributed by atoms with E-state index in [0.29, 0.717) is 11.1 Å². The Hall–Kier alpha value is -3.73. The lowest BCUT2D eigenvalue weighted by Crippen LogP contribution is -1.88. The lowest BCUT2D eigenvalue weighted by atomic mass is 9.95. The van der Waals surface area contributed by atoms with Gasteiger partial charge < -0.3 is 0 Å². The molecule has 0 amide bonds. The van der Waals surface area contributed by atoms with E-state index in [1.165, 1.54) is 0 Å². The zero-order chi connectivity index (χ0) is 18.4. The summed E-state index contributed by atoms with van der Waals surface area (Å²) in [7, 11) is 0. The van der Waals surface area contributed by atoms with Crippen LogP contribution in [0.1, 0.15) is 11.1 Å². The van der Waals surface area contributed by atoms with Crippen molar-refractivity contribution in [1.29, 1.82) is 10.5 Å². The second-order valence-corrected chi connectivity index (χ2v) is 7.33. The molecule has 0 aliphatic carbocycles. The second kappa shape index (κ2) is 5.92. The van der Waals surface area contributed by atoms with E-state index in [-0.39, 0.29) is 0 Å². The van der Waals surface area contributed by atoms with Crippen LogP contribution in [0.25, 0.3) is 42.3 Å². The predicted octanol–water partition coefficient (Wildman–Crippen LogP) is 6.01. The van der Waals surface area contributed by atoms with Gasteiger partial charge in [0.1, 0.15) is 4.83 Å². The topological polar surface area (TPSA) is 60.5 Å². The summed E-state index contributed by atoms with van der Waals surface area (Å²) >= 11 is 1.61. The van der Waals surface area contributed by atoms with Crippen molar-refractivity contribution >= 4 is 42.5 Å². The van der Waals surface area contributed by atoms with E-state index in [9.17, 15) is 10.5 Å². The highest BCUT2D eigenvalue weighted by molar-refractivity contribution is 7.25. The molecule has 2 aromatic heterocycles.